The molecule has 1 aromatic heterocycles. The van der Waals surface area contributed by atoms with E-state index in [1.165, 1.54) is 12.4 Å². The first-order chi connectivity index (χ1) is 12.2. The quantitative estimate of drug-likeness (QED) is 0.671. The molecule has 2 aromatic carbocycles. The molecule has 0 aliphatic heterocycles. The number of rotatable bonds is 5. The van der Waals surface area contributed by atoms with Gasteiger partial charge in [-0.2, -0.15) is 0 Å². The predicted molar refractivity (Wildman–Crippen MR) is 100 cm³/mol. The molecule has 0 saturated carbocycles. The van der Waals surface area contributed by atoms with Gasteiger partial charge in [0, 0.05) is 22.6 Å². The standard InChI is InChI=1S/C18H15BrN4O2/c1-25-16-8-3-2-7-15(16)23-17(24)12-10-20-18(21-11-12)22-14-6-4-5-13(19)9-14/h2-11H,1H3,(H,23,24)(H,20,21,22). The fraction of sp³-hybridized carbons (Fsp3) is 0.0556. The van der Waals surface area contributed by atoms with Crippen LogP contribution in [0.15, 0.2) is 65.4 Å². The Morgan fingerprint density at radius 2 is 1.84 bits per heavy atom. The highest BCUT2D eigenvalue weighted by atomic mass is 79.9. The molecule has 0 radical (unpaired) electrons. The largest absolute Gasteiger partial charge is 0.495 e. The van der Waals surface area contributed by atoms with Gasteiger partial charge in [0.1, 0.15) is 5.75 Å². The number of hydrogen-bond donors (Lipinski definition) is 2. The van der Waals surface area contributed by atoms with E-state index in [1.807, 2.05) is 36.4 Å². The number of anilines is 3. The maximum Gasteiger partial charge on any atom is 0.258 e. The summed E-state index contributed by atoms with van der Waals surface area (Å²) in [6, 6.07) is 14.8. The molecule has 0 saturated heterocycles. The lowest BCUT2D eigenvalue weighted by Crippen LogP contribution is -2.13. The third-order valence-electron chi connectivity index (χ3n) is 3.35. The van der Waals surface area contributed by atoms with Crippen molar-refractivity contribution in [3.63, 3.8) is 0 Å². The molecule has 0 atom stereocenters. The van der Waals surface area contributed by atoms with Crippen LogP contribution in [0.1, 0.15) is 10.4 Å². The molecule has 1 amide bonds. The monoisotopic (exact) mass is 398 g/mol. The van der Waals surface area contributed by atoms with Crippen LogP contribution in [0.3, 0.4) is 0 Å². The highest BCUT2D eigenvalue weighted by molar-refractivity contribution is 9.10. The molecule has 126 valence electrons. The Morgan fingerprint density at radius 1 is 1.08 bits per heavy atom. The molecule has 0 aliphatic carbocycles. The Morgan fingerprint density at radius 3 is 2.56 bits per heavy atom. The Labute approximate surface area is 153 Å². The minimum atomic E-state index is -0.307. The zero-order valence-corrected chi connectivity index (χ0v) is 14.9. The van der Waals surface area contributed by atoms with E-state index in [9.17, 15) is 4.79 Å². The van der Waals surface area contributed by atoms with Crippen LogP contribution in [0.2, 0.25) is 0 Å². The Kier molecular flexibility index (Phi) is 5.25. The number of ether oxygens (including phenoxy) is 1. The SMILES string of the molecule is COc1ccccc1NC(=O)c1cnc(Nc2cccc(Br)c2)nc1. The van der Waals surface area contributed by atoms with Gasteiger partial charge in [-0.15, -0.1) is 0 Å². The van der Waals surface area contributed by atoms with E-state index in [0.29, 0.717) is 22.9 Å². The molecule has 7 heteroatoms. The molecule has 0 fully saturated rings. The summed E-state index contributed by atoms with van der Waals surface area (Å²) >= 11 is 3.41. The summed E-state index contributed by atoms with van der Waals surface area (Å²) < 4.78 is 6.17. The van der Waals surface area contributed by atoms with E-state index in [4.69, 9.17) is 4.74 Å². The number of para-hydroxylation sites is 2. The molecule has 2 N–H and O–H groups in total. The predicted octanol–water partition coefficient (Wildman–Crippen LogP) is 4.24. The minimum absolute atomic E-state index is 0.307. The number of hydrogen-bond acceptors (Lipinski definition) is 5. The third-order valence-corrected chi connectivity index (χ3v) is 3.84. The second-order valence-electron chi connectivity index (χ2n) is 5.09. The van der Waals surface area contributed by atoms with Crippen molar-refractivity contribution in [2.45, 2.75) is 0 Å². The smallest absolute Gasteiger partial charge is 0.258 e. The summed E-state index contributed by atoms with van der Waals surface area (Å²) in [6.45, 7) is 0. The van der Waals surface area contributed by atoms with E-state index in [-0.39, 0.29) is 5.91 Å². The molecule has 1 heterocycles. The van der Waals surface area contributed by atoms with Gasteiger partial charge < -0.3 is 15.4 Å². The van der Waals surface area contributed by atoms with Gasteiger partial charge >= 0.3 is 0 Å². The van der Waals surface area contributed by atoms with Crippen molar-refractivity contribution >= 4 is 39.2 Å². The number of carbonyl (C=O) groups excluding carboxylic acids is 1. The summed E-state index contributed by atoms with van der Waals surface area (Å²) in [5, 5.41) is 5.86. The van der Waals surface area contributed by atoms with Crippen LogP contribution < -0.4 is 15.4 Å². The number of carbonyl (C=O) groups is 1. The fourth-order valence-corrected chi connectivity index (χ4v) is 2.55. The summed E-state index contributed by atoms with van der Waals surface area (Å²) in [7, 11) is 1.55. The van der Waals surface area contributed by atoms with Crippen molar-refractivity contribution in [1.82, 2.24) is 9.97 Å². The number of amides is 1. The van der Waals surface area contributed by atoms with Gasteiger partial charge in [-0.05, 0) is 30.3 Å². The second-order valence-corrected chi connectivity index (χ2v) is 6.00. The highest BCUT2D eigenvalue weighted by Gasteiger charge is 2.10. The molecule has 6 nitrogen and oxygen atoms in total. The first kappa shape index (κ1) is 16.9. The summed E-state index contributed by atoms with van der Waals surface area (Å²) in [5.41, 5.74) is 1.79. The molecule has 3 rings (SSSR count). The van der Waals surface area contributed by atoms with Crippen molar-refractivity contribution in [3.8, 4) is 5.75 Å². The van der Waals surface area contributed by atoms with Gasteiger partial charge in [0.15, 0.2) is 0 Å². The van der Waals surface area contributed by atoms with E-state index in [1.54, 1.807) is 19.2 Å². The number of methoxy groups -OCH3 is 1. The first-order valence-electron chi connectivity index (χ1n) is 7.45. The summed E-state index contributed by atoms with van der Waals surface area (Å²) in [6.07, 6.45) is 2.94. The summed E-state index contributed by atoms with van der Waals surface area (Å²) in [4.78, 5) is 20.7. The number of nitrogens with zero attached hydrogens (tertiary/aromatic N) is 2. The average Bonchev–Trinajstić information content (AvgIpc) is 2.63. The Balaban J connectivity index is 1.70. The van der Waals surface area contributed by atoms with E-state index >= 15 is 0 Å². The Hall–Kier alpha value is -2.93. The topological polar surface area (TPSA) is 76.1 Å². The van der Waals surface area contributed by atoms with Gasteiger partial charge in [-0.3, -0.25) is 4.79 Å². The second kappa shape index (κ2) is 7.76. The number of halogens is 1. The molecule has 0 unspecified atom stereocenters. The molecule has 0 spiro atoms. The van der Waals surface area contributed by atoms with Crippen LogP contribution in [0, 0.1) is 0 Å². The maximum atomic E-state index is 12.3. The Bertz CT molecular complexity index is 884. The zero-order valence-electron chi connectivity index (χ0n) is 13.4. The van der Waals surface area contributed by atoms with Crippen molar-refractivity contribution in [2.75, 3.05) is 17.7 Å². The molecule has 0 aliphatic rings. The van der Waals surface area contributed by atoms with Gasteiger partial charge in [-0.25, -0.2) is 9.97 Å². The number of aromatic nitrogens is 2. The van der Waals surface area contributed by atoms with Crippen molar-refractivity contribution in [3.05, 3.63) is 71.0 Å². The van der Waals surface area contributed by atoms with Gasteiger partial charge in [-0.1, -0.05) is 34.1 Å². The third kappa shape index (κ3) is 4.33. The molecular formula is C18H15BrN4O2. The van der Waals surface area contributed by atoms with Gasteiger partial charge in [0.25, 0.3) is 5.91 Å². The lowest BCUT2D eigenvalue weighted by atomic mass is 10.2. The van der Waals surface area contributed by atoms with E-state index in [0.717, 1.165) is 10.2 Å². The average molecular weight is 399 g/mol. The van der Waals surface area contributed by atoms with Crippen molar-refractivity contribution in [2.24, 2.45) is 0 Å². The number of benzene rings is 2. The molecule has 0 bridgehead atoms. The van der Waals surface area contributed by atoms with Crippen LogP contribution in [0.4, 0.5) is 17.3 Å². The van der Waals surface area contributed by atoms with Crippen LogP contribution in [0.5, 0.6) is 5.75 Å². The molecule has 3 aromatic rings. The zero-order chi connectivity index (χ0) is 17.6. The van der Waals surface area contributed by atoms with E-state index < -0.39 is 0 Å². The van der Waals surface area contributed by atoms with Crippen LogP contribution in [0.25, 0.3) is 0 Å². The minimum Gasteiger partial charge on any atom is -0.495 e. The fourth-order valence-electron chi connectivity index (χ4n) is 2.15. The van der Waals surface area contributed by atoms with Gasteiger partial charge in [0.05, 0.1) is 18.4 Å². The van der Waals surface area contributed by atoms with Crippen molar-refractivity contribution < 1.29 is 9.53 Å². The van der Waals surface area contributed by atoms with Crippen LogP contribution in [-0.4, -0.2) is 23.0 Å². The maximum absolute atomic E-state index is 12.3. The van der Waals surface area contributed by atoms with Gasteiger partial charge in [0.2, 0.25) is 5.95 Å². The lowest BCUT2D eigenvalue weighted by molar-refractivity contribution is 0.102. The summed E-state index contributed by atoms with van der Waals surface area (Å²) in [5.74, 6) is 0.690. The normalized spacial score (nSPS) is 10.2. The lowest BCUT2D eigenvalue weighted by Gasteiger charge is -2.10. The van der Waals surface area contributed by atoms with Crippen molar-refractivity contribution in [1.29, 1.82) is 0 Å². The number of nitrogens with one attached hydrogen (secondary N) is 2. The molecular weight excluding hydrogens is 384 g/mol. The highest BCUT2D eigenvalue weighted by Crippen LogP contribution is 2.23. The molecule has 25 heavy (non-hydrogen) atoms. The van der Waals surface area contributed by atoms with Crippen LogP contribution >= 0.6 is 15.9 Å². The van der Waals surface area contributed by atoms with E-state index in [2.05, 4.69) is 36.5 Å². The van der Waals surface area contributed by atoms with Crippen LogP contribution in [-0.2, 0) is 0 Å². The first-order valence-corrected chi connectivity index (χ1v) is 8.24.